The number of nitrogens with zero attached hydrogens (tertiary/aromatic N) is 4. The van der Waals surface area contributed by atoms with Crippen LogP contribution in [0.4, 0.5) is 11.9 Å². The first-order valence-corrected chi connectivity index (χ1v) is 6.99. The van der Waals surface area contributed by atoms with E-state index in [0.29, 0.717) is 17.9 Å². The van der Waals surface area contributed by atoms with Crippen molar-refractivity contribution in [3.8, 4) is 6.01 Å². The summed E-state index contributed by atoms with van der Waals surface area (Å²) in [4.78, 5) is 14.8. The maximum Gasteiger partial charge on any atom is 0.323 e. The minimum Gasteiger partial charge on any atom is -0.460 e. The fourth-order valence-electron chi connectivity index (χ4n) is 1.95. The van der Waals surface area contributed by atoms with Gasteiger partial charge in [0.15, 0.2) is 0 Å². The molecule has 6 heteroatoms. The van der Waals surface area contributed by atoms with Gasteiger partial charge in [0.25, 0.3) is 0 Å². The highest BCUT2D eigenvalue weighted by Gasteiger charge is 2.17. The number of hydrogen-bond acceptors (Lipinski definition) is 6. The molecule has 106 valence electrons. The van der Waals surface area contributed by atoms with Crippen LogP contribution in [0.25, 0.3) is 0 Å². The Morgan fingerprint density at radius 3 is 2.37 bits per heavy atom. The standard InChI is InChI=1S/C13H23N5O/c1-9(2)10(3)19-13-16-11(14)15-12(17-13)18-7-5-4-6-8-18/h9-10H,4-8H2,1-3H3,(H2,14,15,16,17). The summed E-state index contributed by atoms with van der Waals surface area (Å²) in [6.07, 6.45) is 3.66. The number of anilines is 2. The molecule has 0 aromatic carbocycles. The maximum absolute atomic E-state index is 5.75. The lowest BCUT2D eigenvalue weighted by molar-refractivity contribution is 0.156. The highest BCUT2D eigenvalue weighted by molar-refractivity contribution is 5.36. The molecule has 0 aliphatic carbocycles. The first-order valence-electron chi connectivity index (χ1n) is 6.99. The third-order valence-corrected chi connectivity index (χ3v) is 3.49. The van der Waals surface area contributed by atoms with Gasteiger partial charge in [-0.3, -0.25) is 0 Å². The van der Waals surface area contributed by atoms with E-state index in [9.17, 15) is 0 Å². The molecule has 0 radical (unpaired) electrons. The van der Waals surface area contributed by atoms with E-state index in [-0.39, 0.29) is 12.1 Å². The first kappa shape index (κ1) is 13.8. The second-order valence-electron chi connectivity index (χ2n) is 5.39. The van der Waals surface area contributed by atoms with Gasteiger partial charge in [0.2, 0.25) is 11.9 Å². The molecule has 0 amide bonds. The van der Waals surface area contributed by atoms with Gasteiger partial charge in [0.1, 0.15) is 6.10 Å². The van der Waals surface area contributed by atoms with Gasteiger partial charge in [-0.2, -0.15) is 15.0 Å². The molecule has 2 rings (SSSR count). The molecule has 2 N–H and O–H groups in total. The Bertz CT molecular complexity index is 417. The first-order chi connectivity index (χ1) is 9.06. The molecule has 1 unspecified atom stereocenters. The largest absolute Gasteiger partial charge is 0.460 e. The van der Waals surface area contributed by atoms with Gasteiger partial charge in [-0.25, -0.2) is 0 Å². The van der Waals surface area contributed by atoms with Crippen LogP contribution >= 0.6 is 0 Å². The normalized spacial score (nSPS) is 17.6. The van der Waals surface area contributed by atoms with Crippen molar-refractivity contribution in [3.05, 3.63) is 0 Å². The SMILES string of the molecule is CC(C)C(C)Oc1nc(N)nc(N2CCCCC2)n1. The van der Waals surface area contributed by atoms with Crippen molar-refractivity contribution in [2.75, 3.05) is 23.7 Å². The zero-order chi connectivity index (χ0) is 13.8. The quantitative estimate of drug-likeness (QED) is 0.895. The number of nitrogens with two attached hydrogens (primary N) is 1. The Labute approximate surface area is 114 Å². The third kappa shape index (κ3) is 3.68. The summed E-state index contributed by atoms with van der Waals surface area (Å²) in [5.74, 6) is 1.26. The van der Waals surface area contributed by atoms with Crippen LogP contribution in [0.1, 0.15) is 40.0 Å². The summed E-state index contributed by atoms with van der Waals surface area (Å²) in [7, 11) is 0. The molecule has 1 fully saturated rings. The van der Waals surface area contributed by atoms with Crippen LogP contribution in [-0.2, 0) is 0 Å². The van der Waals surface area contributed by atoms with E-state index in [1.807, 2.05) is 6.92 Å². The number of aromatic nitrogens is 3. The summed E-state index contributed by atoms with van der Waals surface area (Å²) in [6.45, 7) is 8.15. The second kappa shape index (κ2) is 6.04. The van der Waals surface area contributed by atoms with E-state index in [2.05, 4.69) is 33.7 Å². The molecule has 1 aromatic rings. The molecular weight excluding hydrogens is 242 g/mol. The van der Waals surface area contributed by atoms with Crippen molar-refractivity contribution in [1.82, 2.24) is 15.0 Å². The molecule has 0 bridgehead atoms. The van der Waals surface area contributed by atoms with Crippen molar-refractivity contribution in [2.45, 2.75) is 46.1 Å². The van der Waals surface area contributed by atoms with Crippen LogP contribution in [0.3, 0.4) is 0 Å². The van der Waals surface area contributed by atoms with Gasteiger partial charge in [0, 0.05) is 13.1 Å². The Balaban J connectivity index is 2.14. The summed E-state index contributed by atoms with van der Waals surface area (Å²) >= 11 is 0. The zero-order valence-corrected chi connectivity index (χ0v) is 12.0. The Morgan fingerprint density at radius 1 is 1.05 bits per heavy atom. The molecule has 1 atom stereocenters. The van der Waals surface area contributed by atoms with Crippen molar-refractivity contribution in [3.63, 3.8) is 0 Å². The van der Waals surface area contributed by atoms with Crippen molar-refractivity contribution < 1.29 is 4.74 Å². The van der Waals surface area contributed by atoms with Crippen LogP contribution in [0, 0.1) is 5.92 Å². The number of ether oxygens (including phenoxy) is 1. The summed E-state index contributed by atoms with van der Waals surface area (Å²) in [6, 6.07) is 0.328. The van der Waals surface area contributed by atoms with Crippen LogP contribution in [0.15, 0.2) is 0 Å². The second-order valence-corrected chi connectivity index (χ2v) is 5.39. The summed E-state index contributed by atoms with van der Waals surface area (Å²) in [5, 5.41) is 0. The maximum atomic E-state index is 5.75. The summed E-state index contributed by atoms with van der Waals surface area (Å²) in [5.41, 5.74) is 5.75. The van der Waals surface area contributed by atoms with Gasteiger partial charge < -0.3 is 15.4 Å². The smallest absolute Gasteiger partial charge is 0.323 e. The molecule has 1 saturated heterocycles. The molecule has 19 heavy (non-hydrogen) atoms. The predicted octanol–water partition coefficient (Wildman–Crippen LogP) is 1.87. The Hall–Kier alpha value is -1.59. The number of rotatable bonds is 4. The van der Waals surface area contributed by atoms with Crippen LogP contribution < -0.4 is 15.4 Å². The monoisotopic (exact) mass is 265 g/mol. The molecule has 1 aliphatic rings. The molecule has 1 aliphatic heterocycles. The zero-order valence-electron chi connectivity index (χ0n) is 12.0. The molecular formula is C13H23N5O. The lowest BCUT2D eigenvalue weighted by Gasteiger charge is -2.27. The molecule has 1 aromatic heterocycles. The highest BCUT2D eigenvalue weighted by atomic mass is 16.5. The van der Waals surface area contributed by atoms with Crippen molar-refractivity contribution >= 4 is 11.9 Å². The van der Waals surface area contributed by atoms with E-state index in [1.165, 1.54) is 19.3 Å². The predicted molar refractivity (Wildman–Crippen MR) is 75.2 cm³/mol. The van der Waals surface area contributed by atoms with Gasteiger partial charge in [-0.15, -0.1) is 0 Å². The van der Waals surface area contributed by atoms with Crippen LogP contribution in [0.2, 0.25) is 0 Å². The van der Waals surface area contributed by atoms with E-state index >= 15 is 0 Å². The number of piperidine rings is 1. The molecule has 0 saturated carbocycles. The fourth-order valence-corrected chi connectivity index (χ4v) is 1.95. The van der Waals surface area contributed by atoms with E-state index in [4.69, 9.17) is 10.5 Å². The van der Waals surface area contributed by atoms with Crippen LogP contribution in [0.5, 0.6) is 6.01 Å². The average Bonchev–Trinajstić information content (AvgIpc) is 2.39. The highest BCUT2D eigenvalue weighted by Crippen LogP contribution is 2.19. The molecule has 2 heterocycles. The van der Waals surface area contributed by atoms with Gasteiger partial charge in [-0.05, 0) is 32.1 Å². The fraction of sp³-hybridized carbons (Fsp3) is 0.769. The van der Waals surface area contributed by atoms with Gasteiger partial charge in [0.05, 0.1) is 0 Å². The number of nitrogen functional groups attached to an aromatic ring is 1. The molecule has 0 spiro atoms. The Kier molecular flexibility index (Phi) is 4.39. The summed E-state index contributed by atoms with van der Waals surface area (Å²) < 4.78 is 5.72. The van der Waals surface area contributed by atoms with Crippen molar-refractivity contribution in [2.24, 2.45) is 5.92 Å². The number of hydrogen-bond donors (Lipinski definition) is 1. The van der Waals surface area contributed by atoms with Crippen molar-refractivity contribution in [1.29, 1.82) is 0 Å². The van der Waals surface area contributed by atoms with E-state index in [1.54, 1.807) is 0 Å². The Morgan fingerprint density at radius 2 is 1.74 bits per heavy atom. The van der Waals surface area contributed by atoms with E-state index < -0.39 is 0 Å². The van der Waals surface area contributed by atoms with Crippen LogP contribution in [-0.4, -0.2) is 34.1 Å². The average molecular weight is 265 g/mol. The third-order valence-electron chi connectivity index (χ3n) is 3.49. The minimum atomic E-state index is 0.0519. The van der Waals surface area contributed by atoms with E-state index in [0.717, 1.165) is 13.1 Å². The lowest BCUT2D eigenvalue weighted by atomic mass is 10.1. The molecule has 6 nitrogen and oxygen atoms in total. The van der Waals surface area contributed by atoms with Gasteiger partial charge >= 0.3 is 6.01 Å². The topological polar surface area (TPSA) is 77.2 Å². The van der Waals surface area contributed by atoms with Gasteiger partial charge in [-0.1, -0.05) is 13.8 Å². The lowest BCUT2D eigenvalue weighted by Crippen LogP contribution is -2.31. The minimum absolute atomic E-state index is 0.0519.